The molecule has 2 nitrogen and oxygen atoms in total. The molecule has 19 heavy (non-hydrogen) atoms. The summed E-state index contributed by atoms with van der Waals surface area (Å²) in [4.78, 5) is 12.5. The van der Waals surface area contributed by atoms with E-state index in [-0.39, 0.29) is 5.78 Å². The summed E-state index contributed by atoms with van der Waals surface area (Å²) < 4.78 is 5.95. The Morgan fingerprint density at radius 2 is 2.00 bits per heavy atom. The van der Waals surface area contributed by atoms with Gasteiger partial charge in [0.05, 0.1) is 7.11 Å². The molecule has 0 N–H and O–H groups in total. The van der Waals surface area contributed by atoms with Gasteiger partial charge in [0.2, 0.25) is 0 Å². The molecule has 0 aliphatic heterocycles. The lowest BCUT2D eigenvalue weighted by atomic mass is 10.0. The van der Waals surface area contributed by atoms with E-state index in [0.717, 1.165) is 16.5 Å². The molecule has 2 rings (SSSR count). The first-order chi connectivity index (χ1) is 9.15. The first kappa shape index (κ1) is 13.8. The molecule has 2 aromatic carbocycles. The Hall–Kier alpha value is -1.61. The van der Waals surface area contributed by atoms with E-state index in [1.807, 2.05) is 36.4 Å². The molecule has 0 atom stereocenters. The van der Waals surface area contributed by atoms with Crippen LogP contribution >= 0.6 is 15.9 Å². The molecule has 0 spiro atoms. The minimum absolute atomic E-state index is 0.000995. The van der Waals surface area contributed by atoms with Crippen molar-refractivity contribution >= 4 is 21.7 Å². The van der Waals surface area contributed by atoms with Gasteiger partial charge in [-0.25, -0.2) is 0 Å². The van der Waals surface area contributed by atoms with Crippen LogP contribution < -0.4 is 4.74 Å². The second-order valence-electron chi connectivity index (χ2n) is 4.23. The van der Waals surface area contributed by atoms with Crippen molar-refractivity contribution in [1.29, 1.82) is 0 Å². The number of carbonyl (C=O) groups excluding carboxylic acids is 1. The molecule has 0 aliphatic rings. The van der Waals surface area contributed by atoms with E-state index in [1.165, 1.54) is 0 Å². The summed E-state index contributed by atoms with van der Waals surface area (Å²) >= 11 is 3.42. The molecule has 98 valence electrons. The quantitative estimate of drug-likeness (QED) is 0.788. The van der Waals surface area contributed by atoms with Gasteiger partial charge in [0.25, 0.3) is 0 Å². The fourth-order valence-corrected chi connectivity index (χ4v) is 2.32. The van der Waals surface area contributed by atoms with Gasteiger partial charge < -0.3 is 4.74 Å². The molecule has 0 aromatic heterocycles. The van der Waals surface area contributed by atoms with Crippen molar-refractivity contribution in [2.45, 2.75) is 13.3 Å². The van der Waals surface area contributed by atoms with E-state index in [9.17, 15) is 4.79 Å². The Labute approximate surface area is 121 Å². The molecule has 0 bridgehead atoms. The van der Waals surface area contributed by atoms with E-state index in [4.69, 9.17) is 4.74 Å². The van der Waals surface area contributed by atoms with E-state index >= 15 is 0 Å². The van der Waals surface area contributed by atoms with Crippen molar-refractivity contribution in [2.75, 3.05) is 7.11 Å². The number of aryl methyl sites for hydroxylation is 1. The normalized spacial score (nSPS) is 10.3. The van der Waals surface area contributed by atoms with E-state index in [0.29, 0.717) is 16.9 Å². The maximum absolute atomic E-state index is 12.5. The van der Waals surface area contributed by atoms with Crippen molar-refractivity contribution in [1.82, 2.24) is 0 Å². The Balaban J connectivity index is 2.43. The lowest BCUT2D eigenvalue weighted by Crippen LogP contribution is -2.03. The predicted molar refractivity (Wildman–Crippen MR) is 79.9 cm³/mol. The van der Waals surface area contributed by atoms with Gasteiger partial charge >= 0.3 is 0 Å². The maximum atomic E-state index is 12.5. The summed E-state index contributed by atoms with van der Waals surface area (Å²) in [7, 11) is 1.59. The summed E-state index contributed by atoms with van der Waals surface area (Å²) in [6, 6.07) is 13.1. The molecular formula is C16H15BrO2. The largest absolute Gasteiger partial charge is 0.497 e. The monoisotopic (exact) mass is 318 g/mol. The first-order valence-corrected chi connectivity index (χ1v) is 6.92. The fourth-order valence-electron chi connectivity index (χ4n) is 1.89. The number of hydrogen-bond acceptors (Lipinski definition) is 2. The lowest BCUT2D eigenvalue weighted by molar-refractivity contribution is 0.103. The van der Waals surface area contributed by atoms with E-state index in [2.05, 4.69) is 22.9 Å². The number of halogens is 1. The average Bonchev–Trinajstić information content (AvgIpc) is 2.47. The second-order valence-corrected chi connectivity index (χ2v) is 5.08. The molecular weight excluding hydrogens is 304 g/mol. The molecule has 0 radical (unpaired) electrons. The van der Waals surface area contributed by atoms with Crippen molar-refractivity contribution in [3.05, 3.63) is 63.6 Å². The molecule has 0 saturated carbocycles. The predicted octanol–water partition coefficient (Wildman–Crippen LogP) is 4.25. The van der Waals surface area contributed by atoms with Crippen LogP contribution in [0, 0.1) is 0 Å². The molecule has 2 aromatic rings. The summed E-state index contributed by atoms with van der Waals surface area (Å²) in [5.41, 5.74) is 2.48. The first-order valence-electron chi connectivity index (χ1n) is 6.13. The third-order valence-corrected chi connectivity index (χ3v) is 3.71. The average molecular weight is 319 g/mol. The SMILES string of the molecule is CCc1cccc(C(=O)c2cc(OC)ccc2Br)c1. The highest BCUT2D eigenvalue weighted by Gasteiger charge is 2.13. The van der Waals surface area contributed by atoms with Gasteiger partial charge in [0, 0.05) is 15.6 Å². The minimum Gasteiger partial charge on any atom is -0.497 e. The number of rotatable bonds is 4. The van der Waals surface area contributed by atoms with Crippen LogP contribution in [-0.2, 0) is 6.42 Å². The van der Waals surface area contributed by atoms with Crippen LogP contribution in [0.3, 0.4) is 0 Å². The van der Waals surface area contributed by atoms with Gasteiger partial charge in [-0.1, -0.05) is 41.1 Å². The molecule has 0 saturated heterocycles. The summed E-state index contributed by atoms with van der Waals surface area (Å²) in [6.45, 7) is 2.07. The molecule has 0 fully saturated rings. The Bertz CT molecular complexity index is 605. The van der Waals surface area contributed by atoms with Crippen LogP contribution in [0.5, 0.6) is 5.75 Å². The van der Waals surface area contributed by atoms with E-state index in [1.54, 1.807) is 13.2 Å². The topological polar surface area (TPSA) is 26.3 Å². The summed E-state index contributed by atoms with van der Waals surface area (Å²) in [6.07, 6.45) is 0.917. The van der Waals surface area contributed by atoms with Gasteiger partial charge in [-0.3, -0.25) is 4.79 Å². The molecule has 0 amide bonds. The van der Waals surface area contributed by atoms with Crippen LogP contribution in [0.1, 0.15) is 28.4 Å². The van der Waals surface area contributed by atoms with Crippen LogP contribution in [0.2, 0.25) is 0 Å². The van der Waals surface area contributed by atoms with Gasteiger partial charge in [-0.15, -0.1) is 0 Å². The summed E-state index contributed by atoms with van der Waals surface area (Å²) in [5.74, 6) is 0.680. The number of ether oxygens (including phenoxy) is 1. The third kappa shape index (κ3) is 3.04. The molecule has 0 heterocycles. The third-order valence-electron chi connectivity index (χ3n) is 3.02. The molecule has 0 unspecified atom stereocenters. The zero-order valence-electron chi connectivity index (χ0n) is 10.9. The smallest absolute Gasteiger partial charge is 0.194 e. The zero-order chi connectivity index (χ0) is 13.8. The van der Waals surface area contributed by atoms with Gasteiger partial charge in [0.15, 0.2) is 5.78 Å². The molecule has 0 aliphatic carbocycles. The number of ketones is 1. The maximum Gasteiger partial charge on any atom is 0.194 e. The van der Waals surface area contributed by atoms with Crippen molar-refractivity contribution in [3.8, 4) is 5.75 Å². The van der Waals surface area contributed by atoms with E-state index < -0.39 is 0 Å². The van der Waals surface area contributed by atoms with Crippen molar-refractivity contribution < 1.29 is 9.53 Å². The molecule has 3 heteroatoms. The highest BCUT2D eigenvalue weighted by Crippen LogP contribution is 2.25. The van der Waals surface area contributed by atoms with Crippen LogP contribution in [0.4, 0.5) is 0 Å². The highest BCUT2D eigenvalue weighted by atomic mass is 79.9. The van der Waals surface area contributed by atoms with Crippen molar-refractivity contribution in [3.63, 3.8) is 0 Å². The lowest BCUT2D eigenvalue weighted by Gasteiger charge is -2.07. The van der Waals surface area contributed by atoms with Gasteiger partial charge in [-0.2, -0.15) is 0 Å². The highest BCUT2D eigenvalue weighted by molar-refractivity contribution is 9.10. The number of methoxy groups -OCH3 is 1. The van der Waals surface area contributed by atoms with Gasteiger partial charge in [0.1, 0.15) is 5.75 Å². The van der Waals surface area contributed by atoms with Crippen molar-refractivity contribution in [2.24, 2.45) is 0 Å². The summed E-state index contributed by atoms with van der Waals surface area (Å²) in [5, 5.41) is 0. The zero-order valence-corrected chi connectivity index (χ0v) is 12.5. The van der Waals surface area contributed by atoms with Crippen LogP contribution in [0.15, 0.2) is 46.9 Å². The minimum atomic E-state index is 0.000995. The fraction of sp³-hybridized carbons (Fsp3) is 0.188. The van der Waals surface area contributed by atoms with Crippen LogP contribution in [-0.4, -0.2) is 12.9 Å². The number of carbonyl (C=O) groups is 1. The Morgan fingerprint density at radius 3 is 2.68 bits per heavy atom. The Morgan fingerprint density at radius 1 is 1.21 bits per heavy atom. The standard InChI is InChI=1S/C16H15BrO2/c1-3-11-5-4-6-12(9-11)16(18)14-10-13(19-2)7-8-15(14)17/h4-10H,3H2,1-2H3. The number of benzene rings is 2. The van der Waals surface area contributed by atoms with Crippen LogP contribution in [0.25, 0.3) is 0 Å². The van der Waals surface area contributed by atoms with Gasteiger partial charge in [-0.05, 0) is 36.2 Å². The number of hydrogen-bond donors (Lipinski definition) is 0. The Kier molecular flexibility index (Phi) is 4.38. The second kappa shape index (κ2) is 6.02.